The van der Waals surface area contributed by atoms with Crippen LogP contribution in [-0.4, -0.2) is 26.0 Å². The monoisotopic (exact) mass is 317 g/mol. The summed E-state index contributed by atoms with van der Waals surface area (Å²) in [6, 6.07) is 14.7. The summed E-state index contributed by atoms with van der Waals surface area (Å²) >= 11 is 0. The van der Waals surface area contributed by atoms with E-state index in [2.05, 4.69) is 52.3 Å². The minimum absolute atomic E-state index is 0.393. The lowest BCUT2D eigenvalue weighted by Crippen LogP contribution is -2.09. The van der Waals surface area contributed by atoms with Crippen LogP contribution in [0.25, 0.3) is 33.8 Å². The van der Waals surface area contributed by atoms with E-state index < -0.39 is 0 Å². The summed E-state index contributed by atoms with van der Waals surface area (Å²) < 4.78 is 0. The van der Waals surface area contributed by atoms with Gasteiger partial charge in [-0.15, -0.1) is 0 Å². The van der Waals surface area contributed by atoms with Crippen molar-refractivity contribution >= 4 is 16.7 Å². The zero-order valence-corrected chi connectivity index (χ0v) is 13.7. The Morgan fingerprint density at radius 2 is 1.79 bits per heavy atom. The van der Waals surface area contributed by atoms with Gasteiger partial charge in [-0.25, -0.2) is 9.97 Å². The van der Waals surface area contributed by atoms with Gasteiger partial charge in [0, 0.05) is 35.2 Å². The molecule has 2 aromatic heterocycles. The molecule has 5 nitrogen and oxygen atoms in total. The number of hydrogen-bond acceptors (Lipinski definition) is 3. The number of rotatable bonds is 4. The highest BCUT2D eigenvalue weighted by Gasteiger charge is 2.12. The molecule has 24 heavy (non-hydrogen) atoms. The van der Waals surface area contributed by atoms with Gasteiger partial charge in [-0.3, -0.25) is 0 Å². The molecule has 4 rings (SSSR count). The van der Waals surface area contributed by atoms with Crippen LogP contribution >= 0.6 is 0 Å². The lowest BCUT2D eigenvalue weighted by Gasteiger charge is -2.09. The van der Waals surface area contributed by atoms with Crippen molar-refractivity contribution < 1.29 is 0 Å². The van der Waals surface area contributed by atoms with Crippen LogP contribution in [0.4, 0.5) is 5.69 Å². The summed E-state index contributed by atoms with van der Waals surface area (Å²) in [6.07, 6.45) is 3.59. The number of nitrogens with zero attached hydrogens (tertiary/aromatic N) is 2. The topological polar surface area (TPSA) is 69.4 Å². The summed E-state index contributed by atoms with van der Waals surface area (Å²) in [5.74, 6) is 1.69. The van der Waals surface area contributed by atoms with Crippen LogP contribution in [0.3, 0.4) is 0 Å². The summed E-state index contributed by atoms with van der Waals surface area (Å²) in [5.41, 5.74) is 5.12. The van der Waals surface area contributed by atoms with Gasteiger partial charge in [0.1, 0.15) is 11.6 Å². The molecule has 0 unspecified atom stereocenters. The Labute approximate surface area is 140 Å². The standard InChI is InChI=1S/C19H19N5/c1-12(2)22-13-7-8-16-17(11-13)24-19(23-16)15-6-4-3-5-14(15)18-20-9-10-21-18/h3-12,22H,1-2H3,(H,20,21)(H,23,24). The van der Waals surface area contributed by atoms with Crippen LogP contribution in [-0.2, 0) is 0 Å². The number of imidazole rings is 2. The third kappa shape index (κ3) is 2.65. The molecular weight excluding hydrogens is 298 g/mol. The maximum absolute atomic E-state index is 4.75. The highest BCUT2D eigenvalue weighted by atomic mass is 14.9. The van der Waals surface area contributed by atoms with Crippen molar-refractivity contribution in [3.63, 3.8) is 0 Å². The van der Waals surface area contributed by atoms with Gasteiger partial charge < -0.3 is 15.3 Å². The first-order chi connectivity index (χ1) is 11.7. The van der Waals surface area contributed by atoms with Crippen molar-refractivity contribution in [2.45, 2.75) is 19.9 Å². The Morgan fingerprint density at radius 3 is 2.50 bits per heavy atom. The second-order valence-electron chi connectivity index (χ2n) is 6.10. The second kappa shape index (κ2) is 5.85. The molecule has 0 saturated heterocycles. The predicted molar refractivity (Wildman–Crippen MR) is 97.9 cm³/mol. The van der Waals surface area contributed by atoms with Gasteiger partial charge in [0.25, 0.3) is 0 Å². The first-order valence-electron chi connectivity index (χ1n) is 8.06. The van der Waals surface area contributed by atoms with Gasteiger partial charge >= 0.3 is 0 Å². The van der Waals surface area contributed by atoms with Gasteiger partial charge in [-0.1, -0.05) is 24.3 Å². The first kappa shape index (κ1) is 14.5. The quantitative estimate of drug-likeness (QED) is 0.521. The molecule has 3 N–H and O–H groups in total. The van der Waals surface area contributed by atoms with Gasteiger partial charge in [0.15, 0.2) is 0 Å². The molecule has 0 amide bonds. The molecule has 0 aliphatic heterocycles. The van der Waals surface area contributed by atoms with Crippen LogP contribution in [0.15, 0.2) is 54.9 Å². The van der Waals surface area contributed by atoms with Crippen LogP contribution in [0.1, 0.15) is 13.8 Å². The van der Waals surface area contributed by atoms with Crippen LogP contribution in [0, 0.1) is 0 Å². The largest absolute Gasteiger partial charge is 0.383 e. The van der Waals surface area contributed by atoms with E-state index in [4.69, 9.17) is 4.98 Å². The van der Waals surface area contributed by atoms with Crippen molar-refractivity contribution in [1.82, 2.24) is 19.9 Å². The van der Waals surface area contributed by atoms with Crippen LogP contribution in [0.2, 0.25) is 0 Å². The predicted octanol–water partition coefficient (Wildman–Crippen LogP) is 4.44. The molecule has 0 fully saturated rings. The van der Waals surface area contributed by atoms with E-state index in [1.165, 1.54) is 0 Å². The maximum Gasteiger partial charge on any atom is 0.139 e. The van der Waals surface area contributed by atoms with E-state index >= 15 is 0 Å². The number of aromatic nitrogens is 4. The molecule has 0 spiro atoms. The molecular formula is C19H19N5. The Bertz CT molecular complexity index is 967. The Kier molecular flexibility index (Phi) is 3.54. The van der Waals surface area contributed by atoms with E-state index in [1.54, 1.807) is 6.20 Å². The van der Waals surface area contributed by atoms with Gasteiger partial charge in [-0.05, 0) is 32.0 Å². The summed E-state index contributed by atoms with van der Waals surface area (Å²) in [4.78, 5) is 15.7. The van der Waals surface area contributed by atoms with Crippen LogP contribution < -0.4 is 5.32 Å². The number of anilines is 1. The fraction of sp³-hybridized carbons (Fsp3) is 0.158. The fourth-order valence-corrected chi connectivity index (χ4v) is 2.87. The van der Waals surface area contributed by atoms with E-state index in [9.17, 15) is 0 Å². The lowest BCUT2D eigenvalue weighted by atomic mass is 10.1. The molecule has 0 bridgehead atoms. The Balaban J connectivity index is 1.80. The second-order valence-corrected chi connectivity index (χ2v) is 6.10. The molecule has 0 aliphatic carbocycles. The number of benzene rings is 2. The van der Waals surface area contributed by atoms with Crippen molar-refractivity contribution in [1.29, 1.82) is 0 Å². The molecule has 0 atom stereocenters. The molecule has 2 heterocycles. The number of hydrogen-bond donors (Lipinski definition) is 3. The highest BCUT2D eigenvalue weighted by Crippen LogP contribution is 2.30. The fourth-order valence-electron chi connectivity index (χ4n) is 2.87. The summed E-state index contributed by atoms with van der Waals surface area (Å²) in [5, 5.41) is 3.42. The van der Waals surface area contributed by atoms with Gasteiger partial charge in [-0.2, -0.15) is 0 Å². The smallest absolute Gasteiger partial charge is 0.139 e. The third-order valence-electron chi connectivity index (χ3n) is 3.87. The Hall–Kier alpha value is -3.08. The van der Waals surface area contributed by atoms with E-state index in [-0.39, 0.29) is 0 Å². The molecule has 2 aromatic carbocycles. The number of fused-ring (bicyclic) bond motifs is 1. The number of aromatic amines is 2. The maximum atomic E-state index is 4.75. The molecule has 0 saturated carbocycles. The minimum atomic E-state index is 0.393. The minimum Gasteiger partial charge on any atom is -0.383 e. The van der Waals surface area contributed by atoms with Gasteiger partial charge in [0.2, 0.25) is 0 Å². The zero-order chi connectivity index (χ0) is 16.5. The molecule has 0 aliphatic rings. The summed E-state index contributed by atoms with van der Waals surface area (Å²) in [6.45, 7) is 4.25. The average Bonchev–Trinajstić information content (AvgIpc) is 3.23. The van der Waals surface area contributed by atoms with Crippen molar-refractivity contribution in [2.75, 3.05) is 5.32 Å². The van der Waals surface area contributed by atoms with Crippen molar-refractivity contribution in [2.24, 2.45) is 0 Å². The average molecular weight is 317 g/mol. The van der Waals surface area contributed by atoms with E-state index in [1.807, 2.05) is 30.5 Å². The van der Waals surface area contributed by atoms with Crippen LogP contribution in [0.5, 0.6) is 0 Å². The molecule has 5 heteroatoms. The Morgan fingerprint density at radius 1 is 1.00 bits per heavy atom. The lowest BCUT2D eigenvalue weighted by molar-refractivity contribution is 0.900. The number of nitrogens with one attached hydrogen (secondary N) is 3. The van der Waals surface area contributed by atoms with Crippen molar-refractivity contribution in [3.05, 3.63) is 54.9 Å². The molecule has 0 radical (unpaired) electrons. The number of H-pyrrole nitrogens is 2. The first-order valence-corrected chi connectivity index (χ1v) is 8.06. The highest BCUT2D eigenvalue weighted by molar-refractivity contribution is 5.86. The van der Waals surface area contributed by atoms with Crippen molar-refractivity contribution in [3.8, 4) is 22.8 Å². The summed E-state index contributed by atoms with van der Waals surface area (Å²) in [7, 11) is 0. The molecule has 4 aromatic rings. The van der Waals surface area contributed by atoms with Gasteiger partial charge in [0.05, 0.1) is 11.0 Å². The third-order valence-corrected chi connectivity index (χ3v) is 3.87. The van der Waals surface area contributed by atoms with E-state index in [0.29, 0.717) is 6.04 Å². The SMILES string of the molecule is CC(C)Nc1ccc2nc(-c3ccccc3-c3ncc[nH]3)[nH]c2c1. The van der Waals surface area contributed by atoms with E-state index in [0.717, 1.165) is 39.5 Å². The normalized spacial score (nSPS) is 11.3. The molecule has 120 valence electrons. The zero-order valence-electron chi connectivity index (χ0n) is 13.7.